The molecule has 1 aromatic rings. The number of hydrogen-bond acceptors (Lipinski definition) is 4. The summed E-state index contributed by atoms with van der Waals surface area (Å²) < 4.78 is 2.26. The number of rotatable bonds is 3. The molecule has 1 fully saturated rings. The maximum absolute atomic E-state index is 12.6. The molecule has 0 N–H and O–H groups in total. The van der Waals surface area contributed by atoms with Crippen molar-refractivity contribution in [1.29, 1.82) is 0 Å². The van der Waals surface area contributed by atoms with Gasteiger partial charge in [-0.3, -0.25) is 9.69 Å². The number of aromatic nitrogens is 3. The third-order valence-electron chi connectivity index (χ3n) is 5.66. The number of amides is 1. The molecule has 4 rings (SSSR count). The van der Waals surface area contributed by atoms with Gasteiger partial charge < -0.3 is 9.47 Å². The molecule has 6 nitrogen and oxygen atoms in total. The highest BCUT2D eigenvalue weighted by Gasteiger charge is 2.37. The Kier molecular flexibility index (Phi) is 4.39. The molecule has 2 aliphatic heterocycles. The fourth-order valence-electron chi connectivity index (χ4n) is 4.07. The Morgan fingerprint density at radius 1 is 1.21 bits per heavy atom. The molecular formula is C18H27N5O. The molecule has 24 heavy (non-hydrogen) atoms. The van der Waals surface area contributed by atoms with E-state index in [0.717, 1.165) is 75.6 Å². The van der Waals surface area contributed by atoms with Crippen LogP contribution in [-0.2, 0) is 24.3 Å². The number of nitrogens with zero attached hydrogens (tertiary/aromatic N) is 5. The smallest absolute Gasteiger partial charge is 0.249 e. The van der Waals surface area contributed by atoms with Crippen molar-refractivity contribution < 1.29 is 4.79 Å². The summed E-state index contributed by atoms with van der Waals surface area (Å²) in [5.41, 5.74) is 1.05. The number of carbonyl (C=O) groups excluding carboxylic acids is 1. The van der Waals surface area contributed by atoms with Gasteiger partial charge in [0.05, 0.1) is 6.54 Å². The van der Waals surface area contributed by atoms with Crippen LogP contribution >= 0.6 is 0 Å². The van der Waals surface area contributed by atoms with Crippen molar-refractivity contribution in [3.63, 3.8) is 0 Å². The van der Waals surface area contributed by atoms with Gasteiger partial charge in [0, 0.05) is 44.2 Å². The van der Waals surface area contributed by atoms with Gasteiger partial charge in [-0.15, -0.1) is 10.2 Å². The van der Waals surface area contributed by atoms with Crippen molar-refractivity contribution in [2.45, 2.75) is 64.6 Å². The van der Waals surface area contributed by atoms with Crippen LogP contribution in [0.1, 0.15) is 50.7 Å². The van der Waals surface area contributed by atoms with Gasteiger partial charge in [-0.05, 0) is 25.7 Å². The first-order valence-corrected chi connectivity index (χ1v) is 9.39. The minimum Gasteiger partial charge on any atom is -0.336 e. The average Bonchev–Trinajstić information content (AvgIpc) is 2.77. The number of aryl methyl sites for hydroxylation is 1. The quantitative estimate of drug-likeness (QED) is 0.848. The highest BCUT2D eigenvalue weighted by molar-refractivity contribution is 5.94. The number of carbonyl (C=O) groups is 1. The Labute approximate surface area is 143 Å². The molecule has 130 valence electrons. The minimum atomic E-state index is 0.279. The molecule has 0 atom stereocenters. The summed E-state index contributed by atoms with van der Waals surface area (Å²) in [7, 11) is 0. The minimum absolute atomic E-state index is 0.279. The number of hydrogen-bond donors (Lipinski definition) is 0. The molecule has 0 saturated carbocycles. The second-order valence-electron chi connectivity index (χ2n) is 7.20. The lowest BCUT2D eigenvalue weighted by molar-refractivity contribution is -0.135. The molecular weight excluding hydrogens is 302 g/mol. The van der Waals surface area contributed by atoms with Crippen LogP contribution in [-0.4, -0.2) is 56.1 Å². The summed E-state index contributed by atoms with van der Waals surface area (Å²) in [6, 6.07) is 0.482. The van der Waals surface area contributed by atoms with Gasteiger partial charge in [0.25, 0.3) is 0 Å². The Balaban J connectivity index is 1.33. The summed E-state index contributed by atoms with van der Waals surface area (Å²) in [6.07, 6.45) is 8.80. The van der Waals surface area contributed by atoms with Gasteiger partial charge in [-0.25, -0.2) is 0 Å². The van der Waals surface area contributed by atoms with Crippen molar-refractivity contribution in [3.05, 3.63) is 23.3 Å². The molecule has 0 spiro atoms. The van der Waals surface area contributed by atoms with Crippen molar-refractivity contribution >= 4 is 5.91 Å². The third-order valence-corrected chi connectivity index (χ3v) is 5.66. The van der Waals surface area contributed by atoms with Crippen LogP contribution in [0.2, 0.25) is 0 Å². The Bertz CT molecular complexity index is 644. The van der Waals surface area contributed by atoms with Gasteiger partial charge in [0.1, 0.15) is 11.6 Å². The zero-order valence-electron chi connectivity index (χ0n) is 14.6. The fraction of sp³-hybridized carbons (Fsp3) is 0.722. The van der Waals surface area contributed by atoms with E-state index in [1.54, 1.807) is 0 Å². The number of allylic oxidation sites excluding steroid dienone is 1. The van der Waals surface area contributed by atoms with Crippen LogP contribution in [0.25, 0.3) is 0 Å². The van der Waals surface area contributed by atoms with Crippen LogP contribution in [0.5, 0.6) is 0 Å². The topological polar surface area (TPSA) is 54.3 Å². The Morgan fingerprint density at radius 2 is 2.08 bits per heavy atom. The van der Waals surface area contributed by atoms with Gasteiger partial charge in [0.2, 0.25) is 5.91 Å². The van der Waals surface area contributed by atoms with Gasteiger partial charge in [0.15, 0.2) is 0 Å². The van der Waals surface area contributed by atoms with Gasteiger partial charge >= 0.3 is 0 Å². The lowest BCUT2D eigenvalue weighted by Crippen LogP contribution is -2.62. The fourth-order valence-corrected chi connectivity index (χ4v) is 4.07. The predicted octanol–water partition coefficient (Wildman–Crippen LogP) is 1.76. The molecule has 6 heteroatoms. The second kappa shape index (κ2) is 6.67. The number of fused-ring (bicyclic) bond motifs is 1. The lowest BCUT2D eigenvalue weighted by atomic mass is 10.0. The summed E-state index contributed by atoms with van der Waals surface area (Å²) in [5, 5.41) is 8.62. The van der Waals surface area contributed by atoms with Crippen LogP contribution in [0.3, 0.4) is 0 Å². The highest BCUT2D eigenvalue weighted by Crippen LogP contribution is 2.25. The monoisotopic (exact) mass is 329 g/mol. The highest BCUT2D eigenvalue weighted by atomic mass is 16.2. The molecule has 3 aliphatic rings. The van der Waals surface area contributed by atoms with Crippen LogP contribution < -0.4 is 0 Å². The van der Waals surface area contributed by atoms with E-state index < -0.39 is 0 Å². The van der Waals surface area contributed by atoms with E-state index in [9.17, 15) is 4.79 Å². The van der Waals surface area contributed by atoms with E-state index in [1.807, 2.05) is 4.90 Å². The normalized spacial score (nSPS) is 22.5. The van der Waals surface area contributed by atoms with Crippen molar-refractivity contribution in [2.75, 3.05) is 19.6 Å². The van der Waals surface area contributed by atoms with E-state index in [0.29, 0.717) is 6.04 Å². The van der Waals surface area contributed by atoms with Crippen LogP contribution in [0, 0.1) is 0 Å². The molecule has 0 bridgehead atoms. The zero-order valence-corrected chi connectivity index (χ0v) is 14.6. The molecule has 1 aliphatic carbocycles. The predicted molar refractivity (Wildman–Crippen MR) is 91.3 cm³/mol. The SMILES string of the molecule is CCc1nnc2n1CCN(C1CN(C(=O)C3=CCCCCC3)C1)C2. The largest absolute Gasteiger partial charge is 0.336 e. The molecule has 0 radical (unpaired) electrons. The van der Waals surface area contributed by atoms with E-state index in [1.165, 1.54) is 12.8 Å². The average molecular weight is 329 g/mol. The van der Waals surface area contributed by atoms with E-state index in [2.05, 4.69) is 32.7 Å². The van der Waals surface area contributed by atoms with Gasteiger partial charge in [-0.2, -0.15) is 0 Å². The molecule has 1 saturated heterocycles. The first-order valence-electron chi connectivity index (χ1n) is 9.39. The first kappa shape index (κ1) is 15.8. The third kappa shape index (κ3) is 2.88. The summed E-state index contributed by atoms with van der Waals surface area (Å²) in [4.78, 5) is 17.1. The standard InChI is InChI=1S/C18H27N5O/c1-2-16-19-20-17-13-21(9-10-23(16)17)15-11-22(12-15)18(24)14-7-5-3-4-6-8-14/h7,15H,2-6,8-13H2,1H3. The molecule has 1 aromatic heterocycles. The molecule has 3 heterocycles. The molecule has 0 aromatic carbocycles. The Morgan fingerprint density at radius 3 is 2.92 bits per heavy atom. The maximum atomic E-state index is 12.6. The second-order valence-corrected chi connectivity index (χ2v) is 7.20. The Hall–Kier alpha value is -1.69. The summed E-state index contributed by atoms with van der Waals surface area (Å²) in [5.74, 6) is 2.45. The number of likely N-dealkylation sites (tertiary alicyclic amines) is 1. The first-order chi connectivity index (χ1) is 11.8. The van der Waals surface area contributed by atoms with Crippen molar-refractivity contribution in [2.24, 2.45) is 0 Å². The lowest BCUT2D eigenvalue weighted by Gasteiger charge is -2.46. The van der Waals surface area contributed by atoms with E-state index >= 15 is 0 Å². The molecule has 0 unspecified atom stereocenters. The zero-order chi connectivity index (χ0) is 16.5. The summed E-state index contributed by atoms with van der Waals surface area (Å²) in [6.45, 7) is 6.73. The van der Waals surface area contributed by atoms with Crippen LogP contribution in [0.15, 0.2) is 11.6 Å². The van der Waals surface area contributed by atoms with E-state index in [4.69, 9.17) is 0 Å². The summed E-state index contributed by atoms with van der Waals surface area (Å²) >= 11 is 0. The van der Waals surface area contributed by atoms with Gasteiger partial charge in [-0.1, -0.05) is 19.4 Å². The van der Waals surface area contributed by atoms with Crippen molar-refractivity contribution in [3.8, 4) is 0 Å². The molecule has 1 amide bonds. The van der Waals surface area contributed by atoms with E-state index in [-0.39, 0.29) is 5.91 Å². The van der Waals surface area contributed by atoms with Crippen LogP contribution in [0.4, 0.5) is 0 Å². The maximum Gasteiger partial charge on any atom is 0.249 e. The van der Waals surface area contributed by atoms with Crippen molar-refractivity contribution in [1.82, 2.24) is 24.6 Å².